The van der Waals surface area contributed by atoms with E-state index in [0.29, 0.717) is 5.95 Å². The van der Waals surface area contributed by atoms with Crippen molar-refractivity contribution < 1.29 is 4.74 Å². The standard InChI is InChI=1S/C24H20N4O/c1-29-23-15-9-8-14-20(23)17-25-28-24-26-21(18-10-4-2-5-11-18)16-22(27-24)19-12-6-3-7-13-19/h2-17H,1H3,(H,26,27,28)/b25-17+. The monoisotopic (exact) mass is 380 g/mol. The minimum Gasteiger partial charge on any atom is -0.496 e. The van der Waals surface area contributed by atoms with Gasteiger partial charge < -0.3 is 4.74 Å². The fraction of sp³-hybridized carbons (Fsp3) is 0.0417. The van der Waals surface area contributed by atoms with Crippen molar-refractivity contribution >= 4 is 12.2 Å². The summed E-state index contributed by atoms with van der Waals surface area (Å²) in [6.45, 7) is 0. The van der Waals surface area contributed by atoms with E-state index in [2.05, 4.69) is 20.5 Å². The maximum atomic E-state index is 5.35. The van der Waals surface area contributed by atoms with Crippen LogP contribution in [0.15, 0.2) is 96.1 Å². The smallest absolute Gasteiger partial charge is 0.244 e. The first-order valence-electron chi connectivity index (χ1n) is 9.25. The van der Waals surface area contributed by atoms with Crippen LogP contribution >= 0.6 is 0 Å². The third-order valence-corrected chi connectivity index (χ3v) is 4.37. The molecule has 29 heavy (non-hydrogen) atoms. The number of nitrogens with zero attached hydrogens (tertiary/aromatic N) is 3. The van der Waals surface area contributed by atoms with Crippen LogP contribution in [0.25, 0.3) is 22.5 Å². The SMILES string of the molecule is COc1ccccc1/C=N/Nc1nc(-c2ccccc2)cc(-c2ccccc2)n1. The molecule has 0 spiro atoms. The van der Waals surface area contributed by atoms with E-state index in [4.69, 9.17) is 4.74 Å². The van der Waals surface area contributed by atoms with Crippen LogP contribution in [-0.2, 0) is 0 Å². The second-order valence-corrected chi connectivity index (χ2v) is 6.31. The van der Waals surface area contributed by atoms with E-state index in [1.807, 2.05) is 91.0 Å². The van der Waals surface area contributed by atoms with Gasteiger partial charge in [0.2, 0.25) is 5.95 Å². The maximum absolute atomic E-state index is 5.35. The summed E-state index contributed by atoms with van der Waals surface area (Å²) in [5.41, 5.74) is 7.51. The van der Waals surface area contributed by atoms with E-state index in [0.717, 1.165) is 33.8 Å². The molecule has 0 saturated carbocycles. The number of benzene rings is 3. The van der Waals surface area contributed by atoms with Gasteiger partial charge in [-0.05, 0) is 18.2 Å². The molecule has 0 bridgehead atoms. The van der Waals surface area contributed by atoms with Crippen molar-refractivity contribution in [2.75, 3.05) is 12.5 Å². The normalized spacial score (nSPS) is 10.8. The van der Waals surface area contributed by atoms with Gasteiger partial charge in [-0.1, -0.05) is 72.8 Å². The molecule has 5 heteroatoms. The molecule has 0 aliphatic carbocycles. The Morgan fingerprint density at radius 2 is 1.31 bits per heavy atom. The lowest BCUT2D eigenvalue weighted by atomic mass is 10.1. The highest BCUT2D eigenvalue weighted by atomic mass is 16.5. The third kappa shape index (κ3) is 4.47. The van der Waals surface area contributed by atoms with E-state index in [1.54, 1.807) is 13.3 Å². The van der Waals surface area contributed by atoms with Gasteiger partial charge in [-0.15, -0.1) is 0 Å². The van der Waals surface area contributed by atoms with Crippen molar-refractivity contribution in [2.24, 2.45) is 5.10 Å². The van der Waals surface area contributed by atoms with Gasteiger partial charge in [0, 0.05) is 16.7 Å². The molecule has 0 fully saturated rings. The van der Waals surface area contributed by atoms with Crippen molar-refractivity contribution in [2.45, 2.75) is 0 Å². The molecule has 0 unspecified atom stereocenters. The zero-order valence-electron chi connectivity index (χ0n) is 16.0. The number of aromatic nitrogens is 2. The Morgan fingerprint density at radius 1 is 0.759 bits per heavy atom. The lowest BCUT2D eigenvalue weighted by Gasteiger charge is -2.08. The number of hydrazone groups is 1. The molecule has 3 aromatic carbocycles. The van der Waals surface area contributed by atoms with Crippen LogP contribution in [0.1, 0.15) is 5.56 Å². The molecule has 4 rings (SSSR count). The number of rotatable bonds is 6. The zero-order chi connectivity index (χ0) is 19.9. The lowest BCUT2D eigenvalue weighted by Crippen LogP contribution is -2.00. The molecule has 1 heterocycles. The highest BCUT2D eigenvalue weighted by molar-refractivity contribution is 5.84. The van der Waals surface area contributed by atoms with Crippen molar-refractivity contribution in [1.29, 1.82) is 0 Å². The van der Waals surface area contributed by atoms with Gasteiger partial charge in [-0.3, -0.25) is 0 Å². The van der Waals surface area contributed by atoms with Crippen molar-refractivity contribution in [1.82, 2.24) is 9.97 Å². The molecular weight excluding hydrogens is 360 g/mol. The number of ether oxygens (including phenoxy) is 1. The number of nitrogens with one attached hydrogen (secondary N) is 1. The fourth-order valence-electron chi connectivity index (χ4n) is 2.94. The van der Waals surface area contributed by atoms with Gasteiger partial charge in [0.05, 0.1) is 24.7 Å². The minimum atomic E-state index is 0.427. The van der Waals surface area contributed by atoms with Crippen LogP contribution in [0, 0.1) is 0 Å². The van der Waals surface area contributed by atoms with E-state index in [-0.39, 0.29) is 0 Å². The number of hydrogen-bond acceptors (Lipinski definition) is 5. The number of para-hydroxylation sites is 1. The first-order chi connectivity index (χ1) is 14.3. The summed E-state index contributed by atoms with van der Waals surface area (Å²) in [4.78, 5) is 9.27. The molecule has 142 valence electrons. The summed E-state index contributed by atoms with van der Waals surface area (Å²) in [5, 5.41) is 4.31. The molecule has 1 N–H and O–H groups in total. The van der Waals surface area contributed by atoms with Crippen LogP contribution < -0.4 is 10.2 Å². The average molecular weight is 380 g/mol. The summed E-state index contributed by atoms with van der Waals surface area (Å²) < 4.78 is 5.35. The Morgan fingerprint density at radius 3 is 1.90 bits per heavy atom. The van der Waals surface area contributed by atoms with Crippen LogP contribution in [0.2, 0.25) is 0 Å². The predicted molar refractivity (Wildman–Crippen MR) is 117 cm³/mol. The molecule has 5 nitrogen and oxygen atoms in total. The number of anilines is 1. The molecule has 0 aliphatic rings. The fourth-order valence-corrected chi connectivity index (χ4v) is 2.94. The summed E-state index contributed by atoms with van der Waals surface area (Å²) in [6.07, 6.45) is 1.69. The topological polar surface area (TPSA) is 59.4 Å². The highest BCUT2D eigenvalue weighted by Gasteiger charge is 2.08. The third-order valence-electron chi connectivity index (χ3n) is 4.37. The Labute approximate surface area is 169 Å². The largest absolute Gasteiger partial charge is 0.496 e. The van der Waals surface area contributed by atoms with Crippen LogP contribution in [0.5, 0.6) is 5.75 Å². The van der Waals surface area contributed by atoms with Gasteiger partial charge >= 0.3 is 0 Å². The predicted octanol–water partition coefficient (Wildman–Crippen LogP) is 5.27. The van der Waals surface area contributed by atoms with E-state index < -0.39 is 0 Å². The lowest BCUT2D eigenvalue weighted by molar-refractivity contribution is 0.414. The van der Waals surface area contributed by atoms with E-state index >= 15 is 0 Å². The highest BCUT2D eigenvalue weighted by Crippen LogP contribution is 2.25. The van der Waals surface area contributed by atoms with Crippen molar-refractivity contribution in [3.63, 3.8) is 0 Å². The Hall–Kier alpha value is -3.99. The molecule has 0 saturated heterocycles. The Bertz CT molecular complexity index is 1050. The van der Waals surface area contributed by atoms with E-state index in [9.17, 15) is 0 Å². The molecule has 0 radical (unpaired) electrons. The second kappa shape index (κ2) is 8.80. The zero-order valence-corrected chi connectivity index (χ0v) is 16.0. The number of methoxy groups -OCH3 is 1. The second-order valence-electron chi connectivity index (χ2n) is 6.31. The first-order valence-corrected chi connectivity index (χ1v) is 9.25. The Kier molecular flexibility index (Phi) is 5.58. The molecule has 0 atom stereocenters. The molecule has 0 aliphatic heterocycles. The summed E-state index contributed by atoms with van der Waals surface area (Å²) in [7, 11) is 1.64. The number of hydrogen-bond donors (Lipinski definition) is 1. The maximum Gasteiger partial charge on any atom is 0.244 e. The summed E-state index contributed by atoms with van der Waals surface area (Å²) >= 11 is 0. The van der Waals surface area contributed by atoms with Gasteiger partial charge in [0.25, 0.3) is 0 Å². The molecule has 4 aromatic rings. The van der Waals surface area contributed by atoms with Crippen LogP contribution in [-0.4, -0.2) is 23.3 Å². The van der Waals surface area contributed by atoms with Crippen molar-refractivity contribution in [3.8, 4) is 28.3 Å². The quantitative estimate of drug-likeness (QED) is 0.366. The summed E-state index contributed by atoms with van der Waals surface area (Å²) in [6, 6.07) is 29.7. The first kappa shape index (κ1) is 18.4. The van der Waals surface area contributed by atoms with Gasteiger partial charge in [0.15, 0.2) is 0 Å². The van der Waals surface area contributed by atoms with Gasteiger partial charge in [0.1, 0.15) is 5.75 Å². The molecular formula is C24H20N4O. The van der Waals surface area contributed by atoms with Gasteiger partial charge in [-0.2, -0.15) is 5.10 Å². The van der Waals surface area contributed by atoms with Gasteiger partial charge in [-0.25, -0.2) is 15.4 Å². The Balaban J connectivity index is 1.68. The summed E-state index contributed by atoms with van der Waals surface area (Å²) in [5.74, 6) is 1.18. The van der Waals surface area contributed by atoms with Crippen molar-refractivity contribution in [3.05, 3.63) is 96.6 Å². The average Bonchev–Trinajstić information content (AvgIpc) is 2.80. The molecule has 1 aromatic heterocycles. The minimum absolute atomic E-state index is 0.427. The van der Waals surface area contributed by atoms with Crippen LogP contribution in [0.3, 0.4) is 0 Å². The molecule has 0 amide bonds. The van der Waals surface area contributed by atoms with Crippen LogP contribution in [0.4, 0.5) is 5.95 Å². The van der Waals surface area contributed by atoms with E-state index in [1.165, 1.54) is 0 Å².